The number of nitrogens with one attached hydrogen (secondary N) is 1. The Kier molecular flexibility index (Phi) is 10.1. The van der Waals surface area contributed by atoms with Crippen molar-refractivity contribution < 1.29 is 23.0 Å². The van der Waals surface area contributed by atoms with Crippen LogP contribution < -0.4 is 10.1 Å². The lowest BCUT2D eigenvalue weighted by atomic mass is 10.1. The van der Waals surface area contributed by atoms with Gasteiger partial charge in [0.2, 0.25) is 0 Å². The van der Waals surface area contributed by atoms with Gasteiger partial charge in [0.15, 0.2) is 6.79 Å². The van der Waals surface area contributed by atoms with E-state index in [1.807, 2.05) is 24.3 Å². The first-order valence-electron chi connectivity index (χ1n) is 10.2. The maximum absolute atomic E-state index is 13.9. The molecule has 0 fully saturated rings. The van der Waals surface area contributed by atoms with Gasteiger partial charge in [-0.3, -0.25) is 0 Å². The minimum Gasteiger partial charge on any atom is -0.468 e. The molecule has 0 aliphatic rings. The highest BCUT2D eigenvalue weighted by Gasteiger charge is 2.16. The number of urea groups is 1. The van der Waals surface area contributed by atoms with Crippen LogP contribution in [0, 0.1) is 11.6 Å². The number of benzene rings is 2. The van der Waals surface area contributed by atoms with Gasteiger partial charge in [-0.2, -0.15) is 0 Å². The van der Waals surface area contributed by atoms with Crippen LogP contribution in [0.5, 0.6) is 5.75 Å². The second-order valence-electron chi connectivity index (χ2n) is 7.08. The molecule has 164 valence electrons. The van der Waals surface area contributed by atoms with Gasteiger partial charge < -0.3 is 19.7 Å². The van der Waals surface area contributed by atoms with Gasteiger partial charge in [0.25, 0.3) is 0 Å². The lowest BCUT2D eigenvalue weighted by Crippen LogP contribution is -2.35. The van der Waals surface area contributed by atoms with E-state index in [0.717, 1.165) is 49.8 Å². The summed E-state index contributed by atoms with van der Waals surface area (Å²) in [4.78, 5) is 14.4. The predicted octanol–water partition coefficient (Wildman–Crippen LogP) is 5.95. The smallest absolute Gasteiger partial charge is 0.322 e. The number of unbranched alkanes of at least 4 members (excludes halogenated alkanes) is 4. The summed E-state index contributed by atoms with van der Waals surface area (Å²) in [5, 5.41) is 2.55. The van der Waals surface area contributed by atoms with Crippen LogP contribution in [0.3, 0.4) is 0 Å². The monoisotopic (exact) mass is 420 g/mol. The van der Waals surface area contributed by atoms with Gasteiger partial charge in [0.1, 0.15) is 17.4 Å². The SMILES string of the molecule is CCCCCCCN(Cc1ccc(OCOC)cc1)C(=O)Nc1ccc(F)cc1F. The first-order chi connectivity index (χ1) is 14.5. The quantitative estimate of drug-likeness (QED) is 0.341. The summed E-state index contributed by atoms with van der Waals surface area (Å²) in [5.74, 6) is -0.815. The molecule has 0 unspecified atom stereocenters. The van der Waals surface area contributed by atoms with E-state index in [9.17, 15) is 13.6 Å². The predicted molar refractivity (Wildman–Crippen MR) is 113 cm³/mol. The second-order valence-corrected chi connectivity index (χ2v) is 7.08. The van der Waals surface area contributed by atoms with Crippen LogP contribution in [0.15, 0.2) is 42.5 Å². The zero-order chi connectivity index (χ0) is 21.8. The average Bonchev–Trinajstić information content (AvgIpc) is 2.74. The number of anilines is 1. The number of rotatable bonds is 12. The molecule has 0 spiro atoms. The molecule has 1 N–H and O–H groups in total. The standard InChI is InChI=1S/C23H30F2N2O3/c1-3-4-5-6-7-14-27(16-18-8-11-20(12-9-18)30-17-29-2)23(28)26-22-13-10-19(24)15-21(22)25/h8-13,15H,3-7,14,16-17H2,1-2H3,(H,26,28). The Hall–Kier alpha value is -2.67. The van der Waals surface area contributed by atoms with Crippen LogP contribution in [-0.2, 0) is 11.3 Å². The highest BCUT2D eigenvalue weighted by atomic mass is 19.1. The van der Waals surface area contributed by atoms with Crippen molar-refractivity contribution >= 4 is 11.7 Å². The molecule has 0 radical (unpaired) electrons. The van der Waals surface area contributed by atoms with Crippen molar-refractivity contribution in [3.05, 3.63) is 59.7 Å². The van der Waals surface area contributed by atoms with Crippen molar-refractivity contribution in [2.24, 2.45) is 0 Å². The van der Waals surface area contributed by atoms with Crippen molar-refractivity contribution in [3.63, 3.8) is 0 Å². The number of carbonyl (C=O) groups excluding carboxylic acids is 1. The molecule has 0 saturated heterocycles. The van der Waals surface area contributed by atoms with Gasteiger partial charge in [0.05, 0.1) is 5.69 Å². The molecular formula is C23H30F2N2O3. The molecule has 0 aliphatic carbocycles. The largest absolute Gasteiger partial charge is 0.468 e. The number of halogens is 2. The topological polar surface area (TPSA) is 50.8 Å². The minimum atomic E-state index is -0.800. The van der Waals surface area contributed by atoms with Gasteiger partial charge in [-0.25, -0.2) is 13.6 Å². The van der Waals surface area contributed by atoms with Crippen LogP contribution in [-0.4, -0.2) is 31.4 Å². The van der Waals surface area contributed by atoms with Crippen LogP contribution >= 0.6 is 0 Å². The van der Waals surface area contributed by atoms with Crippen molar-refractivity contribution in [1.29, 1.82) is 0 Å². The van der Waals surface area contributed by atoms with Crippen LogP contribution in [0.4, 0.5) is 19.3 Å². The normalized spacial score (nSPS) is 10.7. The van der Waals surface area contributed by atoms with Crippen molar-refractivity contribution in [3.8, 4) is 5.75 Å². The van der Waals surface area contributed by atoms with E-state index >= 15 is 0 Å². The number of nitrogens with zero attached hydrogens (tertiary/aromatic N) is 1. The minimum absolute atomic E-state index is 0.0410. The van der Waals surface area contributed by atoms with Crippen LogP contribution in [0.2, 0.25) is 0 Å². The first kappa shape index (κ1) is 23.6. The van der Waals surface area contributed by atoms with Crippen molar-refractivity contribution in [2.75, 3.05) is 25.8 Å². The second kappa shape index (κ2) is 12.8. The summed E-state index contributed by atoms with van der Waals surface area (Å²) in [6, 6.07) is 10.0. The molecule has 2 rings (SSSR count). The third-order valence-electron chi connectivity index (χ3n) is 4.63. The van der Waals surface area contributed by atoms with Crippen molar-refractivity contribution in [2.45, 2.75) is 45.6 Å². The molecule has 5 nitrogen and oxygen atoms in total. The molecule has 0 aromatic heterocycles. The Morgan fingerprint density at radius 2 is 1.77 bits per heavy atom. The fourth-order valence-corrected chi connectivity index (χ4v) is 2.98. The van der Waals surface area contributed by atoms with E-state index in [0.29, 0.717) is 18.8 Å². The number of ether oxygens (including phenoxy) is 2. The molecule has 0 bridgehead atoms. The summed E-state index contributed by atoms with van der Waals surface area (Å²) < 4.78 is 37.3. The summed E-state index contributed by atoms with van der Waals surface area (Å²) in [6.07, 6.45) is 5.30. The molecule has 0 atom stereocenters. The Bertz CT molecular complexity index is 785. The number of carbonyl (C=O) groups is 1. The Labute approximate surface area is 177 Å². The van der Waals surface area contributed by atoms with Crippen LogP contribution in [0.25, 0.3) is 0 Å². The molecule has 0 heterocycles. The van der Waals surface area contributed by atoms with Crippen LogP contribution in [0.1, 0.15) is 44.6 Å². The van der Waals surface area contributed by atoms with Gasteiger partial charge in [-0.1, -0.05) is 44.7 Å². The summed E-state index contributed by atoms with van der Waals surface area (Å²) in [7, 11) is 1.55. The zero-order valence-electron chi connectivity index (χ0n) is 17.6. The Balaban J connectivity index is 2.03. The number of hydrogen-bond acceptors (Lipinski definition) is 3. The third kappa shape index (κ3) is 7.99. The number of amides is 2. The van der Waals surface area contributed by atoms with E-state index in [-0.39, 0.29) is 12.5 Å². The molecule has 0 saturated carbocycles. The van der Waals surface area contributed by atoms with E-state index in [2.05, 4.69) is 12.2 Å². The lowest BCUT2D eigenvalue weighted by Gasteiger charge is -2.23. The number of hydrogen-bond donors (Lipinski definition) is 1. The molecular weight excluding hydrogens is 390 g/mol. The Morgan fingerprint density at radius 3 is 2.43 bits per heavy atom. The zero-order valence-corrected chi connectivity index (χ0v) is 17.6. The summed E-state index contributed by atoms with van der Waals surface area (Å²) in [5.41, 5.74) is 0.878. The number of methoxy groups -OCH3 is 1. The fraction of sp³-hybridized carbons (Fsp3) is 0.435. The average molecular weight is 421 g/mol. The van der Waals surface area contributed by atoms with E-state index in [4.69, 9.17) is 9.47 Å². The maximum Gasteiger partial charge on any atom is 0.322 e. The third-order valence-corrected chi connectivity index (χ3v) is 4.63. The molecule has 2 amide bonds. The van der Waals surface area contributed by atoms with Crippen molar-refractivity contribution in [1.82, 2.24) is 4.90 Å². The molecule has 7 heteroatoms. The van der Waals surface area contributed by atoms with Gasteiger partial charge >= 0.3 is 6.03 Å². The fourth-order valence-electron chi connectivity index (χ4n) is 2.98. The van der Waals surface area contributed by atoms with Gasteiger partial charge in [-0.05, 0) is 36.2 Å². The van der Waals surface area contributed by atoms with E-state index in [1.54, 1.807) is 12.0 Å². The molecule has 0 aliphatic heterocycles. The molecule has 2 aromatic rings. The lowest BCUT2D eigenvalue weighted by molar-refractivity contribution is 0.0511. The Morgan fingerprint density at radius 1 is 1.03 bits per heavy atom. The van der Waals surface area contributed by atoms with E-state index in [1.165, 1.54) is 6.07 Å². The highest BCUT2D eigenvalue weighted by Crippen LogP contribution is 2.18. The first-order valence-corrected chi connectivity index (χ1v) is 10.2. The maximum atomic E-state index is 13.9. The highest BCUT2D eigenvalue weighted by molar-refractivity contribution is 5.89. The van der Waals surface area contributed by atoms with E-state index < -0.39 is 17.7 Å². The summed E-state index contributed by atoms with van der Waals surface area (Å²) >= 11 is 0. The molecule has 2 aromatic carbocycles. The van der Waals surface area contributed by atoms with Gasteiger partial charge in [-0.15, -0.1) is 0 Å². The summed E-state index contributed by atoms with van der Waals surface area (Å²) in [6.45, 7) is 3.22. The molecule has 30 heavy (non-hydrogen) atoms. The van der Waals surface area contributed by atoms with Gasteiger partial charge in [0, 0.05) is 26.3 Å².